The van der Waals surface area contributed by atoms with Crippen LogP contribution in [-0.2, 0) is 4.74 Å². The number of nitrogens with one attached hydrogen (secondary N) is 2. The normalized spacial score (nSPS) is 16.2. The Labute approximate surface area is 152 Å². The first-order valence-corrected chi connectivity index (χ1v) is 8.14. The van der Waals surface area contributed by atoms with E-state index in [0.29, 0.717) is 18.7 Å². The molecular formula is C18H23ClN2O4. The van der Waals surface area contributed by atoms with Gasteiger partial charge >= 0.3 is 5.63 Å². The highest BCUT2D eigenvalue weighted by Gasteiger charge is 2.32. The Kier molecular flexibility index (Phi) is 6.58. The second kappa shape index (κ2) is 8.47. The van der Waals surface area contributed by atoms with Gasteiger partial charge < -0.3 is 19.8 Å². The molecule has 2 heterocycles. The summed E-state index contributed by atoms with van der Waals surface area (Å²) in [4.78, 5) is 24.5. The summed E-state index contributed by atoms with van der Waals surface area (Å²) in [5.41, 5.74) is -0.187. The number of ether oxygens (including phenoxy) is 1. The van der Waals surface area contributed by atoms with E-state index in [9.17, 15) is 9.59 Å². The number of methoxy groups -OCH3 is 1. The van der Waals surface area contributed by atoms with Crippen molar-refractivity contribution >= 4 is 29.3 Å². The molecule has 1 saturated heterocycles. The molecule has 1 amide bonds. The summed E-state index contributed by atoms with van der Waals surface area (Å²) < 4.78 is 10.6. The molecule has 7 heteroatoms. The number of carbonyl (C=O) groups excluding carboxylic acids is 1. The molecule has 0 radical (unpaired) electrons. The molecule has 2 N–H and O–H groups in total. The van der Waals surface area contributed by atoms with Crippen LogP contribution in [0.3, 0.4) is 0 Å². The van der Waals surface area contributed by atoms with Crippen LogP contribution in [0.1, 0.15) is 23.2 Å². The Morgan fingerprint density at radius 1 is 1.32 bits per heavy atom. The summed E-state index contributed by atoms with van der Waals surface area (Å²) in [6.07, 6.45) is 1.85. The number of benzene rings is 1. The third-order valence-corrected chi connectivity index (χ3v) is 4.62. The van der Waals surface area contributed by atoms with Crippen molar-refractivity contribution in [3.63, 3.8) is 0 Å². The Morgan fingerprint density at radius 2 is 2.04 bits per heavy atom. The monoisotopic (exact) mass is 366 g/mol. The zero-order valence-corrected chi connectivity index (χ0v) is 15.0. The molecule has 1 aromatic heterocycles. The minimum Gasteiger partial charge on any atom is -0.422 e. The number of rotatable bonds is 5. The smallest absolute Gasteiger partial charge is 0.349 e. The molecule has 0 bridgehead atoms. The summed E-state index contributed by atoms with van der Waals surface area (Å²) in [5.74, 6) is -0.400. The second-order valence-electron chi connectivity index (χ2n) is 6.35. The van der Waals surface area contributed by atoms with E-state index in [4.69, 9.17) is 9.15 Å². The summed E-state index contributed by atoms with van der Waals surface area (Å²) >= 11 is 0. The van der Waals surface area contributed by atoms with Gasteiger partial charge in [-0.1, -0.05) is 18.2 Å². The van der Waals surface area contributed by atoms with Crippen molar-refractivity contribution in [3.8, 4) is 0 Å². The average molecular weight is 367 g/mol. The third-order valence-electron chi connectivity index (χ3n) is 4.62. The first kappa shape index (κ1) is 19.4. The molecule has 1 aliphatic heterocycles. The molecule has 6 nitrogen and oxygen atoms in total. The highest BCUT2D eigenvalue weighted by atomic mass is 35.5. The van der Waals surface area contributed by atoms with Gasteiger partial charge in [0.25, 0.3) is 5.91 Å². The van der Waals surface area contributed by atoms with E-state index in [2.05, 4.69) is 10.6 Å². The van der Waals surface area contributed by atoms with Crippen molar-refractivity contribution in [1.29, 1.82) is 0 Å². The Hall–Kier alpha value is -1.89. The molecule has 1 fully saturated rings. The van der Waals surface area contributed by atoms with E-state index in [1.54, 1.807) is 25.3 Å². The molecule has 25 heavy (non-hydrogen) atoms. The number of fused-ring (bicyclic) bond motifs is 1. The maximum absolute atomic E-state index is 12.5. The van der Waals surface area contributed by atoms with Gasteiger partial charge in [-0.25, -0.2) is 4.79 Å². The van der Waals surface area contributed by atoms with Gasteiger partial charge in [-0.2, -0.15) is 0 Å². The molecule has 0 unspecified atom stereocenters. The van der Waals surface area contributed by atoms with Crippen LogP contribution < -0.4 is 16.3 Å². The standard InChI is InChI=1S/C18H22N2O4.ClH/c1-23-12-18(6-8-19-9-7-18)11-20-16(21)14-10-13-4-2-3-5-15(13)24-17(14)22;/h2-5,10,19H,6-9,11-12H2,1H3,(H,20,21);1H. The van der Waals surface area contributed by atoms with Gasteiger partial charge in [0, 0.05) is 24.5 Å². The lowest BCUT2D eigenvalue weighted by Crippen LogP contribution is -2.47. The molecule has 3 rings (SSSR count). The van der Waals surface area contributed by atoms with Crippen molar-refractivity contribution in [1.82, 2.24) is 10.6 Å². The molecule has 0 saturated carbocycles. The zero-order valence-electron chi connectivity index (χ0n) is 14.2. The number of amides is 1. The fourth-order valence-electron chi connectivity index (χ4n) is 3.22. The summed E-state index contributed by atoms with van der Waals surface area (Å²) in [6.45, 7) is 2.86. The molecule has 0 aliphatic carbocycles. The lowest BCUT2D eigenvalue weighted by molar-refractivity contribution is 0.0511. The Balaban J connectivity index is 0.00000225. The van der Waals surface area contributed by atoms with E-state index < -0.39 is 11.5 Å². The number of para-hydroxylation sites is 1. The van der Waals surface area contributed by atoms with Gasteiger partial charge in [0.1, 0.15) is 11.1 Å². The predicted molar refractivity (Wildman–Crippen MR) is 98.5 cm³/mol. The first-order chi connectivity index (χ1) is 11.6. The van der Waals surface area contributed by atoms with E-state index in [-0.39, 0.29) is 23.4 Å². The van der Waals surface area contributed by atoms with Crippen LogP contribution in [0.15, 0.2) is 39.5 Å². The van der Waals surface area contributed by atoms with Crippen molar-refractivity contribution in [2.75, 3.05) is 33.4 Å². The largest absolute Gasteiger partial charge is 0.422 e. The van der Waals surface area contributed by atoms with Crippen LogP contribution in [0.2, 0.25) is 0 Å². The van der Waals surface area contributed by atoms with E-state index >= 15 is 0 Å². The van der Waals surface area contributed by atoms with Gasteiger partial charge in [0.05, 0.1) is 6.61 Å². The lowest BCUT2D eigenvalue weighted by Gasteiger charge is -2.37. The number of hydrogen-bond donors (Lipinski definition) is 2. The van der Waals surface area contributed by atoms with Gasteiger partial charge in [-0.3, -0.25) is 4.79 Å². The molecule has 0 atom stereocenters. The third kappa shape index (κ3) is 4.39. The predicted octanol–water partition coefficient (Wildman–Crippen LogP) is 1.96. The van der Waals surface area contributed by atoms with Crippen molar-refractivity contribution in [2.45, 2.75) is 12.8 Å². The number of carbonyl (C=O) groups is 1. The molecule has 0 spiro atoms. The van der Waals surface area contributed by atoms with Gasteiger partial charge in [-0.15, -0.1) is 12.4 Å². The van der Waals surface area contributed by atoms with Crippen LogP contribution in [0.25, 0.3) is 11.0 Å². The highest BCUT2D eigenvalue weighted by molar-refractivity contribution is 5.96. The lowest BCUT2D eigenvalue weighted by atomic mass is 9.79. The minimum atomic E-state index is -0.614. The summed E-state index contributed by atoms with van der Waals surface area (Å²) in [5, 5.41) is 6.94. The Bertz CT molecular complexity index is 778. The van der Waals surface area contributed by atoms with Crippen LogP contribution in [0.4, 0.5) is 0 Å². The fourth-order valence-corrected chi connectivity index (χ4v) is 3.22. The Morgan fingerprint density at radius 3 is 2.76 bits per heavy atom. The topological polar surface area (TPSA) is 80.6 Å². The molecule has 1 aliphatic rings. The van der Waals surface area contributed by atoms with Crippen molar-refractivity contribution < 1.29 is 13.9 Å². The quantitative estimate of drug-likeness (QED) is 0.791. The maximum atomic E-state index is 12.5. The van der Waals surface area contributed by atoms with Crippen molar-refractivity contribution in [3.05, 3.63) is 46.3 Å². The maximum Gasteiger partial charge on any atom is 0.349 e. The van der Waals surface area contributed by atoms with Gasteiger partial charge in [-0.05, 0) is 38.1 Å². The molecular weight excluding hydrogens is 344 g/mol. The van der Waals surface area contributed by atoms with Gasteiger partial charge in [0.15, 0.2) is 0 Å². The summed E-state index contributed by atoms with van der Waals surface area (Å²) in [6, 6.07) is 8.74. The van der Waals surface area contributed by atoms with Gasteiger partial charge in [0.2, 0.25) is 0 Å². The second-order valence-corrected chi connectivity index (χ2v) is 6.35. The molecule has 1 aromatic carbocycles. The first-order valence-electron chi connectivity index (χ1n) is 8.14. The van der Waals surface area contributed by atoms with Crippen LogP contribution in [-0.4, -0.2) is 39.3 Å². The van der Waals surface area contributed by atoms with Crippen LogP contribution in [0.5, 0.6) is 0 Å². The van der Waals surface area contributed by atoms with Crippen LogP contribution in [0, 0.1) is 5.41 Å². The van der Waals surface area contributed by atoms with Crippen molar-refractivity contribution in [2.24, 2.45) is 5.41 Å². The number of halogens is 1. The molecule has 2 aromatic rings. The van der Waals surface area contributed by atoms with E-state index in [1.165, 1.54) is 0 Å². The van der Waals surface area contributed by atoms with E-state index in [1.807, 2.05) is 12.1 Å². The van der Waals surface area contributed by atoms with Crippen LogP contribution >= 0.6 is 12.4 Å². The highest BCUT2D eigenvalue weighted by Crippen LogP contribution is 2.28. The zero-order chi connectivity index (χ0) is 17.0. The average Bonchev–Trinajstić information content (AvgIpc) is 2.60. The minimum absolute atomic E-state index is 0. The number of piperidine rings is 1. The summed E-state index contributed by atoms with van der Waals surface area (Å²) in [7, 11) is 1.67. The fraction of sp³-hybridized carbons (Fsp3) is 0.444. The SMILES string of the molecule is COCC1(CNC(=O)c2cc3ccccc3oc2=O)CCNCC1.Cl. The van der Waals surface area contributed by atoms with E-state index in [0.717, 1.165) is 31.3 Å². The number of hydrogen-bond acceptors (Lipinski definition) is 5. The molecule has 136 valence electrons.